The Bertz CT molecular complexity index is 448. The van der Waals surface area contributed by atoms with E-state index in [9.17, 15) is 4.79 Å². The van der Waals surface area contributed by atoms with E-state index in [1.165, 1.54) is 0 Å². The van der Waals surface area contributed by atoms with Crippen LogP contribution in [0.15, 0.2) is 18.2 Å². The van der Waals surface area contributed by atoms with E-state index >= 15 is 0 Å². The standard InChI is InChI=1S/C13H18N2O3/c1-2-10-8-15(5-6-18-10)9-3-4-11(13(16)17)12(14)7-9/h3-4,7,10H,2,5-6,8,14H2,1H3,(H,16,17). The number of carboxylic acid groups (broad SMARTS) is 1. The summed E-state index contributed by atoms with van der Waals surface area (Å²) >= 11 is 0. The summed E-state index contributed by atoms with van der Waals surface area (Å²) in [7, 11) is 0. The molecule has 0 aromatic heterocycles. The number of anilines is 2. The Morgan fingerprint density at radius 1 is 1.61 bits per heavy atom. The third kappa shape index (κ3) is 2.56. The molecule has 0 amide bonds. The average Bonchev–Trinajstić information content (AvgIpc) is 2.38. The van der Waals surface area contributed by atoms with Gasteiger partial charge in [0.25, 0.3) is 0 Å². The van der Waals surface area contributed by atoms with Crippen molar-refractivity contribution in [3.63, 3.8) is 0 Å². The maximum atomic E-state index is 10.9. The van der Waals surface area contributed by atoms with Gasteiger partial charge in [0.15, 0.2) is 0 Å². The zero-order valence-corrected chi connectivity index (χ0v) is 10.4. The summed E-state index contributed by atoms with van der Waals surface area (Å²) in [5.41, 5.74) is 7.17. The van der Waals surface area contributed by atoms with Gasteiger partial charge < -0.3 is 20.5 Å². The molecule has 5 heteroatoms. The van der Waals surface area contributed by atoms with E-state index in [-0.39, 0.29) is 11.7 Å². The van der Waals surface area contributed by atoms with Crippen molar-refractivity contribution in [2.24, 2.45) is 0 Å². The fourth-order valence-electron chi connectivity index (χ4n) is 2.14. The van der Waals surface area contributed by atoms with Crippen molar-refractivity contribution < 1.29 is 14.6 Å². The molecule has 0 spiro atoms. The van der Waals surface area contributed by atoms with Crippen LogP contribution in [0.1, 0.15) is 23.7 Å². The molecular formula is C13H18N2O3. The maximum Gasteiger partial charge on any atom is 0.337 e. The number of aromatic carboxylic acids is 1. The molecule has 1 saturated heterocycles. The Morgan fingerprint density at radius 2 is 2.39 bits per heavy atom. The van der Waals surface area contributed by atoms with Crippen LogP contribution in [0.2, 0.25) is 0 Å². The summed E-state index contributed by atoms with van der Waals surface area (Å²) in [6, 6.07) is 5.09. The molecule has 1 aliphatic rings. The normalized spacial score (nSPS) is 19.8. The van der Waals surface area contributed by atoms with Crippen molar-refractivity contribution in [2.75, 3.05) is 30.3 Å². The highest BCUT2D eigenvalue weighted by atomic mass is 16.5. The Hall–Kier alpha value is -1.75. The molecular weight excluding hydrogens is 232 g/mol. The number of nitrogens with two attached hydrogens (primary N) is 1. The summed E-state index contributed by atoms with van der Waals surface area (Å²) < 4.78 is 5.60. The lowest BCUT2D eigenvalue weighted by molar-refractivity contribution is 0.0384. The first kappa shape index (κ1) is 12.7. The zero-order chi connectivity index (χ0) is 13.1. The summed E-state index contributed by atoms with van der Waals surface area (Å²) in [6.45, 7) is 4.42. The van der Waals surface area contributed by atoms with Gasteiger partial charge in [-0.3, -0.25) is 0 Å². The molecule has 0 saturated carbocycles. The topological polar surface area (TPSA) is 75.8 Å². The van der Waals surface area contributed by atoms with Gasteiger partial charge >= 0.3 is 5.97 Å². The Labute approximate surface area is 106 Å². The van der Waals surface area contributed by atoms with Gasteiger partial charge in [0.2, 0.25) is 0 Å². The second-order valence-electron chi connectivity index (χ2n) is 4.42. The molecule has 1 aromatic rings. The predicted molar refractivity (Wildman–Crippen MR) is 70.1 cm³/mol. The van der Waals surface area contributed by atoms with Crippen molar-refractivity contribution in [1.82, 2.24) is 0 Å². The molecule has 1 heterocycles. The number of carboxylic acids is 1. The number of morpholine rings is 1. The van der Waals surface area contributed by atoms with Crippen LogP contribution < -0.4 is 10.6 Å². The lowest BCUT2D eigenvalue weighted by Gasteiger charge is -2.34. The third-order valence-corrected chi connectivity index (χ3v) is 3.22. The molecule has 1 atom stereocenters. The van der Waals surface area contributed by atoms with Crippen molar-refractivity contribution in [3.8, 4) is 0 Å². The van der Waals surface area contributed by atoms with Crippen LogP contribution in [-0.2, 0) is 4.74 Å². The minimum absolute atomic E-state index is 0.152. The SMILES string of the molecule is CCC1CN(c2ccc(C(=O)O)c(N)c2)CCO1. The molecule has 18 heavy (non-hydrogen) atoms. The fraction of sp³-hybridized carbons (Fsp3) is 0.462. The van der Waals surface area contributed by atoms with Gasteiger partial charge in [0, 0.05) is 24.5 Å². The molecule has 3 N–H and O–H groups in total. The molecule has 1 aromatic carbocycles. The molecule has 0 aliphatic carbocycles. The van der Waals surface area contributed by atoms with Gasteiger partial charge in [-0.15, -0.1) is 0 Å². The summed E-state index contributed by atoms with van der Waals surface area (Å²) in [4.78, 5) is 13.1. The number of nitrogens with zero attached hydrogens (tertiary/aromatic N) is 1. The first-order valence-corrected chi connectivity index (χ1v) is 6.11. The van der Waals surface area contributed by atoms with E-state index in [0.29, 0.717) is 12.3 Å². The van der Waals surface area contributed by atoms with Crippen LogP contribution in [0.3, 0.4) is 0 Å². The average molecular weight is 250 g/mol. The number of hydrogen-bond acceptors (Lipinski definition) is 4. The largest absolute Gasteiger partial charge is 0.478 e. The van der Waals surface area contributed by atoms with Gasteiger partial charge in [0.05, 0.1) is 18.3 Å². The van der Waals surface area contributed by atoms with E-state index in [2.05, 4.69) is 11.8 Å². The molecule has 1 aliphatic heterocycles. The van der Waals surface area contributed by atoms with Crippen LogP contribution >= 0.6 is 0 Å². The highest BCUT2D eigenvalue weighted by Crippen LogP contribution is 2.23. The first-order chi connectivity index (χ1) is 8.61. The molecule has 1 unspecified atom stereocenters. The van der Waals surface area contributed by atoms with E-state index < -0.39 is 5.97 Å². The van der Waals surface area contributed by atoms with E-state index in [0.717, 1.165) is 25.2 Å². The Balaban J connectivity index is 2.18. The van der Waals surface area contributed by atoms with Crippen LogP contribution in [-0.4, -0.2) is 36.9 Å². The van der Waals surface area contributed by atoms with Crippen molar-refractivity contribution in [1.29, 1.82) is 0 Å². The Morgan fingerprint density at radius 3 is 3.00 bits per heavy atom. The van der Waals surface area contributed by atoms with Crippen molar-refractivity contribution in [2.45, 2.75) is 19.4 Å². The molecule has 5 nitrogen and oxygen atoms in total. The van der Waals surface area contributed by atoms with Gasteiger partial charge in [-0.2, -0.15) is 0 Å². The fourth-order valence-corrected chi connectivity index (χ4v) is 2.14. The van der Waals surface area contributed by atoms with Crippen molar-refractivity contribution in [3.05, 3.63) is 23.8 Å². The summed E-state index contributed by atoms with van der Waals surface area (Å²) in [6.07, 6.45) is 1.21. The minimum atomic E-state index is -0.993. The number of rotatable bonds is 3. The lowest BCUT2D eigenvalue weighted by atomic mass is 10.1. The molecule has 0 bridgehead atoms. The second kappa shape index (κ2) is 5.27. The second-order valence-corrected chi connectivity index (χ2v) is 4.42. The number of nitrogen functional groups attached to an aromatic ring is 1. The summed E-state index contributed by atoms with van der Waals surface area (Å²) in [5, 5.41) is 8.93. The van der Waals surface area contributed by atoms with E-state index in [4.69, 9.17) is 15.6 Å². The highest BCUT2D eigenvalue weighted by Gasteiger charge is 2.20. The molecule has 1 fully saturated rings. The lowest BCUT2D eigenvalue weighted by Crippen LogP contribution is -2.42. The first-order valence-electron chi connectivity index (χ1n) is 6.11. The highest BCUT2D eigenvalue weighted by molar-refractivity contribution is 5.94. The smallest absolute Gasteiger partial charge is 0.337 e. The summed E-state index contributed by atoms with van der Waals surface area (Å²) in [5.74, 6) is -0.993. The monoisotopic (exact) mass is 250 g/mol. The predicted octanol–water partition coefficient (Wildman–Crippen LogP) is 1.58. The van der Waals surface area contributed by atoms with E-state index in [1.807, 2.05) is 0 Å². The number of ether oxygens (including phenoxy) is 1. The van der Waals surface area contributed by atoms with Crippen LogP contribution in [0.5, 0.6) is 0 Å². The number of hydrogen-bond donors (Lipinski definition) is 2. The van der Waals surface area contributed by atoms with Crippen LogP contribution in [0.25, 0.3) is 0 Å². The van der Waals surface area contributed by atoms with E-state index in [1.54, 1.807) is 18.2 Å². The zero-order valence-electron chi connectivity index (χ0n) is 10.4. The molecule has 98 valence electrons. The number of carbonyl (C=O) groups is 1. The van der Waals surface area contributed by atoms with Crippen molar-refractivity contribution >= 4 is 17.3 Å². The third-order valence-electron chi connectivity index (χ3n) is 3.22. The van der Waals surface area contributed by atoms with Gasteiger partial charge in [0.1, 0.15) is 0 Å². The van der Waals surface area contributed by atoms with Gasteiger partial charge in [-0.25, -0.2) is 4.79 Å². The van der Waals surface area contributed by atoms with Crippen LogP contribution in [0, 0.1) is 0 Å². The quantitative estimate of drug-likeness (QED) is 0.797. The van der Waals surface area contributed by atoms with Gasteiger partial charge in [-0.05, 0) is 24.6 Å². The molecule has 0 radical (unpaired) electrons. The van der Waals surface area contributed by atoms with Gasteiger partial charge in [-0.1, -0.05) is 6.92 Å². The van der Waals surface area contributed by atoms with Crippen LogP contribution in [0.4, 0.5) is 11.4 Å². The minimum Gasteiger partial charge on any atom is -0.478 e. The Kier molecular flexibility index (Phi) is 3.72. The maximum absolute atomic E-state index is 10.9. The number of benzene rings is 1. The molecule has 2 rings (SSSR count).